The number of aryl methyl sites for hydroxylation is 1. The molecule has 126 valence electrons. The number of anilines is 2. The first kappa shape index (κ1) is 17.0. The second kappa shape index (κ2) is 7.85. The normalized spacial score (nSPS) is 10.3. The molecule has 0 saturated heterocycles. The van der Waals surface area contributed by atoms with Gasteiger partial charge in [-0.05, 0) is 52.7 Å². The summed E-state index contributed by atoms with van der Waals surface area (Å²) < 4.78 is 0.924. The maximum absolute atomic E-state index is 12.1. The maximum Gasteiger partial charge on any atom is 0.254 e. The molecule has 2 N–H and O–H groups in total. The Labute approximate surface area is 153 Å². The van der Waals surface area contributed by atoms with E-state index in [4.69, 9.17) is 0 Å². The molecule has 3 aromatic rings. The lowest BCUT2D eigenvalue weighted by Gasteiger charge is -2.08. The van der Waals surface area contributed by atoms with Crippen molar-refractivity contribution in [1.29, 1.82) is 0 Å². The van der Waals surface area contributed by atoms with E-state index >= 15 is 0 Å². The van der Waals surface area contributed by atoms with Crippen molar-refractivity contribution in [2.75, 3.05) is 5.32 Å². The van der Waals surface area contributed by atoms with Crippen molar-refractivity contribution >= 4 is 33.5 Å². The minimum absolute atomic E-state index is 0.242. The van der Waals surface area contributed by atoms with Crippen LogP contribution in [-0.2, 0) is 6.54 Å². The Morgan fingerprint density at radius 2 is 1.92 bits per heavy atom. The van der Waals surface area contributed by atoms with Crippen LogP contribution in [0.4, 0.5) is 11.6 Å². The highest BCUT2D eigenvalue weighted by Gasteiger charge is 2.08. The zero-order valence-electron chi connectivity index (χ0n) is 13.5. The minimum atomic E-state index is -0.242. The zero-order chi connectivity index (χ0) is 17.6. The van der Waals surface area contributed by atoms with E-state index in [1.807, 2.05) is 43.3 Å². The summed E-state index contributed by atoms with van der Waals surface area (Å²) in [5.41, 5.74) is 3.19. The highest BCUT2D eigenvalue weighted by Crippen LogP contribution is 2.25. The number of aromatic nitrogens is 3. The van der Waals surface area contributed by atoms with Gasteiger partial charge in [0.15, 0.2) is 0 Å². The molecule has 0 radical (unpaired) electrons. The molecule has 2 heterocycles. The third-order valence-corrected chi connectivity index (χ3v) is 4.10. The summed E-state index contributed by atoms with van der Waals surface area (Å²) in [6.45, 7) is 2.37. The van der Waals surface area contributed by atoms with Gasteiger partial charge >= 0.3 is 0 Å². The lowest BCUT2D eigenvalue weighted by atomic mass is 10.2. The average molecular weight is 398 g/mol. The lowest BCUT2D eigenvalue weighted by Crippen LogP contribution is -2.23. The molecule has 0 unspecified atom stereocenters. The van der Waals surface area contributed by atoms with Gasteiger partial charge in [-0.25, -0.2) is 9.97 Å². The molecule has 0 atom stereocenters. The SMILES string of the molecule is Cc1ccc(Nc2ncc(C(=O)NCc3ccccn3)cn2)c(Br)c1. The van der Waals surface area contributed by atoms with E-state index in [2.05, 4.69) is 41.5 Å². The van der Waals surface area contributed by atoms with Crippen LogP contribution in [0.5, 0.6) is 0 Å². The van der Waals surface area contributed by atoms with Gasteiger partial charge in [0.05, 0.1) is 23.5 Å². The third kappa shape index (κ3) is 4.60. The molecule has 3 rings (SSSR count). The Kier molecular flexibility index (Phi) is 5.35. The van der Waals surface area contributed by atoms with Crippen molar-refractivity contribution in [3.63, 3.8) is 0 Å². The fraction of sp³-hybridized carbons (Fsp3) is 0.111. The summed E-state index contributed by atoms with van der Waals surface area (Å²) in [4.78, 5) is 24.7. The van der Waals surface area contributed by atoms with Crippen LogP contribution < -0.4 is 10.6 Å². The first-order chi connectivity index (χ1) is 12.1. The molecule has 6 nitrogen and oxygen atoms in total. The van der Waals surface area contributed by atoms with Gasteiger partial charge in [0.2, 0.25) is 5.95 Å². The summed E-state index contributed by atoms with van der Waals surface area (Å²) in [7, 11) is 0. The molecular weight excluding hydrogens is 382 g/mol. The smallest absolute Gasteiger partial charge is 0.254 e. The van der Waals surface area contributed by atoms with Crippen molar-refractivity contribution < 1.29 is 4.79 Å². The number of rotatable bonds is 5. The van der Waals surface area contributed by atoms with E-state index < -0.39 is 0 Å². The zero-order valence-corrected chi connectivity index (χ0v) is 15.1. The minimum Gasteiger partial charge on any atom is -0.346 e. The van der Waals surface area contributed by atoms with Crippen LogP contribution in [0.2, 0.25) is 0 Å². The number of halogens is 1. The van der Waals surface area contributed by atoms with Crippen LogP contribution in [-0.4, -0.2) is 20.9 Å². The molecule has 7 heteroatoms. The van der Waals surface area contributed by atoms with Gasteiger partial charge in [0, 0.05) is 23.1 Å². The molecule has 2 aromatic heterocycles. The topological polar surface area (TPSA) is 79.8 Å². The standard InChI is InChI=1S/C18H16BrN5O/c1-12-5-6-16(15(19)8-12)24-18-22-9-13(10-23-18)17(25)21-11-14-4-2-3-7-20-14/h2-10H,11H2,1H3,(H,21,25)(H,22,23,24). The van der Waals surface area contributed by atoms with E-state index in [1.165, 1.54) is 12.4 Å². The Morgan fingerprint density at radius 3 is 2.60 bits per heavy atom. The molecule has 1 aromatic carbocycles. The first-order valence-electron chi connectivity index (χ1n) is 7.65. The van der Waals surface area contributed by atoms with Crippen molar-refractivity contribution in [1.82, 2.24) is 20.3 Å². The largest absolute Gasteiger partial charge is 0.346 e. The fourth-order valence-corrected chi connectivity index (χ4v) is 2.72. The molecule has 0 aliphatic heterocycles. The number of pyridine rings is 1. The monoisotopic (exact) mass is 397 g/mol. The molecule has 0 aliphatic rings. The highest BCUT2D eigenvalue weighted by molar-refractivity contribution is 9.10. The number of hydrogen-bond acceptors (Lipinski definition) is 5. The van der Waals surface area contributed by atoms with Crippen LogP contribution in [0.3, 0.4) is 0 Å². The van der Waals surface area contributed by atoms with Gasteiger partial charge in [-0.15, -0.1) is 0 Å². The van der Waals surface area contributed by atoms with Crippen LogP contribution in [0.25, 0.3) is 0 Å². The quantitative estimate of drug-likeness (QED) is 0.687. The van der Waals surface area contributed by atoms with Crippen molar-refractivity contribution in [3.05, 3.63) is 76.3 Å². The van der Waals surface area contributed by atoms with Crippen LogP contribution in [0.1, 0.15) is 21.6 Å². The predicted molar refractivity (Wildman–Crippen MR) is 99.6 cm³/mol. The summed E-state index contributed by atoms with van der Waals surface area (Å²) >= 11 is 3.50. The second-order valence-corrected chi connectivity index (χ2v) is 6.26. The second-order valence-electron chi connectivity index (χ2n) is 5.41. The van der Waals surface area contributed by atoms with Crippen molar-refractivity contribution in [2.24, 2.45) is 0 Å². The molecule has 0 saturated carbocycles. The lowest BCUT2D eigenvalue weighted by molar-refractivity contribution is 0.0949. The third-order valence-electron chi connectivity index (χ3n) is 3.44. The van der Waals surface area contributed by atoms with Crippen LogP contribution in [0, 0.1) is 6.92 Å². The fourth-order valence-electron chi connectivity index (χ4n) is 2.13. The van der Waals surface area contributed by atoms with Gasteiger partial charge in [-0.1, -0.05) is 12.1 Å². The summed E-state index contributed by atoms with van der Waals surface area (Å²) in [5, 5.41) is 5.90. The number of carbonyl (C=O) groups excluding carboxylic acids is 1. The maximum atomic E-state index is 12.1. The molecule has 0 aliphatic carbocycles. The van der Waals surface area contributed by atoms with E-state index in [1.54, 1.807) is 6.20 Å². The molecular formula is C18H16BrN5O. The number of benzene rings is 1. The molecule has 0 fully saturated rings. The number of carbonyl (C=O) groups is 1. The van der Waals surface area contributed by atoms with Gasteiger partial charge < -0.3 is 10.6 Å². The molecule has 0 bridgehead atoms. The van der Waals surface area contributed by atoms with Gasteiger partial charge in [0.1, 0.15) is 0 Å². The molecule has 25 heavy (non-hydrogen) atoms. The number of nitrogens with one attached hydrogen (secondary N) is 2. The number of nitrogens with zero attached hydrogens (tertiary/aromatic N) is 3. The van der Waals surface area contributed by atoms with E-state index in [9.17, 15) is 4.79 Å². The average Bonchev–Trinajstić information content (AvgIpc) is 2.63. The van der Waals surface area contributed by atoms with E-state index in [0.29, 0.717) is 18.1 Å². The van der Waals surface area contributed by atoms with E-state index in [-0.39, 0.29) is 5.91 Å². The Hall–Kier alpha value is -2.80. The van der Waals surface area contributed by atoms with Crippen LogP contribution >= 0.6 is 15.9 Å². The Balaban J connectivity index is 1.62. The summed E-state index contributed by atoms with van der Waals surface area (Å²) in [6, 6.07) is 11.5. The summed E-state index contributed by atoms with van der Waals surface area (Å²) in [6.07, 6.45) is 4.67. The first-order valence-corrected chi connectivity index (χ1v) is 8.44. The molecule has 1 amide bonds. The Morgan fingerprint density at radius 1 is 1.12 bits per heavy atom. The van der Waals surface area contributed by atoms with Crippen molar-refractivity contribution in [3.8, 4) is 0 Å². The van der Waals surface area contributed by atoms with Crippen LogP contribution in [0.15, 0.2) is 59.5 Å². The number of amides is 1. The Bertz CT molecular complexity index is 868. The van der Waals surface area contributed by atoms with Crippen molar-refractivity contribution in [2.45, 2.75) is 13.5 Å². The molecule has 0 spiro atoms. The predicted octanol–water partition coefficient (Wildman–Crippen LogP) is 3.62. The highest BCUT2D eigenvalue weighted by atomic mass is 79.9. The van der Waals surface area contributed by atoms with E-state index in [0.717, 1.165) is 21.4 Å². The van der Waals surface area contributed by atoms with Gasteiger partial charge in [-0.3, -0.25) is 9.78 Å². The van der Waals surface area contributed by atoms with Gasteiger partial charge in [0.25, 0.3) is 5.91 Å². The summed E-state index contributed by atoms with van der Waals surface area (Å²) in [5.74, 6) is 0.180. The van der Waals surface area contributed by atoms with Gasteiger partial charge in [-0.2, -0.15) is 0 Å². The number of hydrogen-bond donors (Lipinski definition) is 2.